The third-order valence-corrected chi connectivity index (χ3v) is 4.58. The lowest BCUT2D eigenvalue weighted by atomic mass is 9.86. The van der Waals surface area contributed by atoms with Crippen LogP contribution in [0.15, 0.2) is 0 Å². The molecule has 1 fully saturated rings. The molecule has 1 saturated carbocycles. The summed E-state index contributed by atoms with van der Waals surface area (Å²) in [6.07, 6.45) is 4.33. The van der Waals surface area contributed by atoms with Crippen LogP contribution < -0.4 is 0 Å². The molecule has 1 aliphatic rings. The number of sulfone groups is 1. The first-order valence-electron chi connectivity index (χ1n) is 5.52. The second-order valence-corrected chi connectivity index (χ2v) is 6.20. The van der Waals surface area contributed by atoms with Crippen LogP contribution in [0.2, 0.25) is 0 Å². The highest BCUT2D eigenvalue weighted by Gasteiger charge is 2.39. The highest BCUT2D eigenvalue weighted by Crippen LogP contribution is 2.25. The molecule has 0 aliphatic heterocycles. The van der Waals surface area contributed by atoms with Crippen molar-refractivity contribution in [2.45, 2.75) is 39.0 Å². The van der Waals surface area contributed by atoms with Gasteiger partial charge in [0.2, 0.25) is 0 Å². The van der Waals surface area contributed by atoms with Crippen molar-refractivity contribution in [1.29, 1.82) is 0 Å². The van der Waals surface area contributed by atoms with Gasteiger partial charge in [-0.1, -0.05) is 26.2 Å². The van der Waals surface area contributed by atoms with Gasteiger partial charge in [0.25, 0.3) is 15.6 Å². The summed E-state index contributed by atoms with van der Waals surface area (Å²) in [5, 5.41) is -0.665. The van der Waals surface area contributed by atoms with Gasteiger partial charge in [0.05, 0.1) is 5.75 Å². The Kier molecular flexibility index (Phi) is 4.38. The van der Waals surface area contributed by atoms with E-state index in [0.29, 0.717) is 12.8 Å². The predicted molar refractivity (Wildman–Crippen MR) is 59.7 cm³/mol. The molecule has 0 amide bonds. The smallest absolute Gasteiger partial charge is 0.360 e. The van der Waals surface area contributed by atoms with Crippen LogP contribution in [0.5, 0.6) is 0 Å². The summed E-state index contributed by atoms with van der Waals surface area (Å²) in [6.45, 7) is 1.43. The van der Waals surface area contributed by atoms with Crippen molar-refractivity contribution in [3.8, 4) is 0 Å². The Morgan fingerprint density at radius 3 is 2.31 bits per heavy atom. The van der Waals surface area contributed by atoms with Crippen LogP contribution in [0.25, 0.3) is 5.53 Å². The van der Waals surface area contributed by atoms with Crippen LogP contribution >= 0.6 is 0 Å². The van der Waals surface area contributed by atoms with Crippen LogP contribution in [-0.4, -0.2) is 29.8 Å². The molecule has 0 bridgehead atoms. The average Bonchev–Trinajstić information content (AvgIpc) is 2.30. The van der Waals surface area contributed by atoms with Gasteiger partial charge in [-0.25, -0.2) is 8.42 Å². The van der Waals surface area contributed by atoms with Crippen molar-refractivity contribution in [1.82, 2.24) is 0 Å². The van der Waals surface area contributed by atoms with Crippen molar-refractivity contribution >= 4 is 20.7 Å². The van der Waals surface area contributed by atoms with Gasteiger partial charge in [-0.05, 0) is 12.8 Å². The third kappa shape index (κ3) is 2.77. The molecule has 0 aromatic carbocycles. The first kappa shape index (κ1) is 13.1. The average molecular weight is 244 g/mol. The van der Waals surface area contributed by atoms with E-state index in [1.165, 1.54) is 6.92 Å². The maximum Gasteiger partial charge on any atom is 0.447 e. The summed E-state index contributed by atoms with van der Waals surface area (Å²) in [5.74, 6) is -1.03. The van der Waals surface area contributed by atoms with Gasteiger partial charge < -0.3 is 5.53 Å². The minimum atomic E-state index is -3.71. The van der Waals surface area contributed by atoms with E-state index in [2.05, 4.69) is 4.79 Å². The van der Waals surface area contributed by atoms with Crippen LogP contribution in [0.4, 0.5) is 0 Å². The normalized spacial score (nSPS) is 17.8. The molecule has 0 radical (unpaired) electrons. The van der Waals surface area contributed by atoms with E-state index < -0.39 is 20.7 Å². The molecule has 0 aromatic rings. The largest absolute Gasteiger partial charge is 0.447 e. The number of hydrogen-bond acceptors (Lipinski definition) is 3. The zero-order valence-corrected chi connectivity index (χ0v) is 10.2. The maximum atomic E-state index is 11.9. The molecule has 0 unspecified atom stereocenters. The fraction of sp³-hybridized carbons (Fsp3) is 0.800. The number of Topliss-reactive ketones (excluding diaryl/α,β-unsaturated/α-hetero) is 1. The van der Waals surface area contributed by atoms with Crippen molar-refractivity contribution in [3.63, 3.8) is 0 Å². The van der Waals surface area contributed by atoms with Crippen molar-refractivity contribution in [2.24, 2.45) is 5.92 Å². The summed E-state index contributed by atoms with van der Waals surface area (Å²) in [4.78, 5) is 14.5. The van der Waals surface area contributed by atoms with Crippen LogP contribution in [0.1, 0.15) is 39.0 Å². The monoisotopic (exact) mass is 244 g/mol. The van der Waals surface area contributed by atoms with Crippen LogP contribution in [0.3, 0.4) is 0 Å². The Hall–Kier alpha value is -1.00. The molecule has 0 atom stereocenters. The minimum absolute atomic E-state index is 0.217. The van der Waals surface area contributed by atoms with E-state index >= 15 is 0 Å². The lowest BCUT2D eigenvalue weighted by molar-refractivity contribution is -0.120. The molecule has 16 heavy (non-hydrogen) atoms. The zero-order chi connectivity index (χ0) is 12.2. The lowest BCUT2D eigenvalue weighted by Crippen LogP contribution is -2.33. The van der Waals surface area contributed by atoms with Gasteiger partial charge in [0.15, 0.2) is 0 Å². The third-order valence-electron chi connectivity index (χ3n) is 2.95. The highest BCUT2D eigenvalue weighted by molar-refractivity contribution is 8.08. The van der Waals surface area contributed by atoms with E-state index in [4.69, 9.17) is 5.53 Å². The summed E-state index contributed by atoms with van der Waals surface area (Å²) >= 11 is 0. The lowest BCUT2D eigenvalue weighted by Gasteiger charge is -2.17. The molecule has 0 aromatic heterocycles. The second-order valence-electron chi connectivity index (χ2n) is 4.01. The zero-order valence-electron chi connectivity index (χ0n) is 9.35. The summed E-state index contributed by atoms with van der Waals surface area (Å²) < 4.78 is 23.0. The Balaban J connectivity index is 2.90. The van der Waals surface area contributed by atoms with Crippen LogP contribution in [0, 0.1) is 5.92 Å². The van der Waals surface area contributed by atoms with Gasteiger partial charge in [-0.2, -0.15) is 0 Å². The number of carbonyl (C=O) groups is 1. The van der Waals surface area contributed by atoms with Crippen molar-refractivity contribution < 1.29 is 18.0 Å². The van der Waals surface area contributed by atoms with E-state index in [0.717, 1.165) is 19.3 Å². The number of nitrogens with zero attached hydrogens (tertiary/aromatic N) is 2. The Morgan fingerprint density at radius 2 is 1.88 bits per heavy atom. The quantitative estimate of drug-likeness (QED) is 0.323. The highest BCUT2D eigenvalue weighted by atomic mass is 32.2. The number of hydrogen-bond donors (Lipinski definition) is 0. The number of carbonyl (C=O) groups excluding carboxylic acids is 1. The molecule has 0 saturated heterocycles. The summed E-state index contributed by atoms with van der Waals surface area (Å²) in [6, 6.07) is 0. The van der Waals surface area contributed by atoms with E-state index in [1.807, 2.05) is 0 Å². The number of rotatable bonds is 3. The molecule has 1 aliphatic carbocycles. The SMILES string of the molecule is CCS(=O)(=O)C(=[N+]=[N-])C(=O)C1CCCCC1. The molecular weight excluding hydrogens is 228 g/mol. The van der Waals surface area contributed by atoms with Gasteiger partial charge >= 0.3 is 5.04 Å². The molecule has 0 N–H and O–H groups in total. The minimum Gasteiger partial charge on any atom is -0.360 e. The van der Waals surface area contributed by atoms with Gasteiger partial charge in [-0.15, -0.1) is 4.79 Å². The van der Waals surface area contributed by atoms with E-state index in [1.54, 1.807) is 0 Å². The second kappa shape index (κ2) is 5.37. The molecule has 6 heteroatoms. The Bertz CT molecular complexity index is 415. The van der Waals surface area contributed by atoms with Crippen molar-refractivity contribution in [2.75, 3.05) is 5.75 Å². The van der Waals surface area contributed by atoms with Gasteiger partial charge in [0, 0.05) is 5.92 Å². The van der Waals surface area contributed by atoms with E-state index in [9.17, 15) is 13.2 Å². The fourth-order valence-electron chi connectivity index (χ4n) is 1.94. The molecule has 0 spiro atoms. The topological polar surface area (TPSA) is 87.6 Å². The number of ketones is 1. The van der Waals surface area contributed by atoms with Crippen LogP contribution in [-0.2, 0) is 14.6 Å². The first-order valence-corrected chi connectivity index (χ1v) is 7.17. The molecule has 0 heterocycles. The van der Waals surface area contributed by atoms with Gasteiger partial charge in [0.1, 0.15) is 0 Å². The van der Waals surface area contributed by atoms with Gasteiger partial charge in [-0.3, -0.25) is 4.79 Å². The summed E-state index contributed by atoms with van der Waals surface area (Å²) in [7, 11) is -3.71. The first-order chi connectivity index (χ1) is 7.53. The van der Waals surface area contributed by atoms with E-state index in [-0.39, 0.29) is 11.7 Å². The predicted octanol–water partition coefficient (Wildman–Crippen LogP) is 1.20. The van der Waals surface area contributed by atoms with Crippen molar-refractivity contribution in [3.05, 3.63) is 5.53 Å². The fourth-order valence-corrected chi connectivity index (χ4v) is 2.81. The summed E-state index contributed by atoms with van der Waals surface area (Å²) in [5.41, 5.74) is 8.68. The molecule has 5 nitrogen and oxygen atoms in total. The molecular formula is C10H16N2O3S. The molecule has 1 rings (SSSR count). The standard InChI is InChI=1S/C10H16N2O3S/c1-2-16(14,15)10(12-11)9(13)8-6-4-3-5-7-8/h8H,2-7H2,1H3. The Morgan fingerprint density at radius 1 is 1.31 bits per heavy atom. The molecule has 90 valence electrons. The Labute approximate surface area is 95.4 Å². The maximum absolute atomic E-state index is 11.9.